The fraction of sp³-hybridized carbons (Fsp3) is 0.133. The largest absolute Gasteiger partial charge is 0.416 e. The smallest absolute Gasteiger partial charge is 0.381 e. The van der Waals surface area contributed by atoms with Gasteiger partial charge in [-0.25, -0.2) is 0 Å². The van der Waals surface area contributed by atoms with Crippen LogP contribution in [0.15, 0.2) is 46.9 Å². The minimum Gasteiger partial charge on any atom is -0.381 e. The van der Waals surface area contributed by atoms with E-state index in [-0.39, 0.29) is 6.54 Å². The Morgan fingerprint density at radius 2 is 1.90 bits per heavy atom. The van der Waals surface area contributed by atoms with Gasteiger partial charge in [0.15, 0.2) is 0 Å². The Labute approximate surface area is 128 Å². The maximum absolute atomic E-state index is 12.6. The van der Waals surface area contributed by atoms with E-state index in [2.05, 4.69) is 21.2 Å². The Hall–Kier alpha value is -2.00. The van der Waals surface area contributed by atoms with Crippen LogP contribution in [0.25, 0.3) is 0 Å². The summed E-state index contributed by atoms with van der Waals surface area (Å²) >= 11 is 3.26. The number of alkyl halides is 3. The van der Waals surface area contributed by atoms with Gasteiger partial charge in [0, 0.05) is 16.7 Å². The number of anilines is 1. The fourth-order valence-electron chi connectivity index (χ4n) is 1.78. The van der Waals surface area contributed by atoms with Gasteiger partial charge in [0.1, 0.15) is 6.07 Å². The zero-order valence-electron chi connectivity index (χ0n) is 10.7. The molecule has 0 amide bonds. The van der Waals surface area contributed by atoms with Crippen LogP contribution < -0.4 is 5.32 Å². The molecule has 108 valence electrons. The van der Waals surface area contributed by atoms with Gasteiger partial charge in [-0.1, -0.05) is 12.1 Å². The van der Waals surface area contributed by atoms with Crippen LogP contribution >= 0.6 is 15.9 Å². The van der Waals surface area contributed by atoms with Crippen LogP contribution in [0.3, 0.4) is 0 Å². The Morgan fingerprint density at radius 1 is 1.14 bits per heavy atom. The summed E-state index contributed by atoms with van der Waals surface area (Å²) in [5.41, 5.74) is 1.09. The van der Waals surface area contributed by atoms with Gasteiger partial charge < -0.3 is 5.32 Å². The van der Waals surface area contributed by atoms with Crippen molar-refractivity contribution in [3.63, 3.8) is 0 Å². The van der Waals surface area contributed by atoms with Gasteiger partial charge in [-0.05, 0) is 51.8 Å². The molecule has 0 aliphatic heterocycles. The van der Waals surface area contributed by atoms with Crippen molar-refractivity contribution in [2.45, 2.75) is 12.7 Å². The first-order chi connectivity index (χ1) is 9.90. The fourth-order valence-corrected chi connectivity index (χ4v) is 2.24. The number of hydrogen-bond acceptors (Lipinski definition) is 2. The molecule has 0 heterocycles. The summed E-state index contributed by atoms with van der Waals surface area (Å²) in [4.78, 5) is 0. The zero-order valence-corrected chi connectivity index (χ0v) is 12.3. The van der Waals surface area contributed by atoms with Crippen molar-refractivity contribution in [3.8, 4) is 6.07 Å². The maximum atomic E-state index is 12.6. The van der Waals surface area contributed by atoms with Crippen molar-refractivity contribution >= 4 is 21.6 Å². The summed E-state index contributed by atoms with van der Waals surface area (Å²) < 4.78 is 38.5. The minimum absolute atomic E-state index is 0.266. The molecule has 21 heavy (non-hydrogen) atoms. The highest BCUT2D eigenvalue weighted by Gasteiger charge is 2.30. The van der Waals surface area contributed by atoms with Gasteiger partial charge in [-0.3, -0.25) is 0 Å². The molecule has 0 aliphatic carbocycles. The van der Waals surface area contributed by atoms with Crippen molar-refractivity contribution in [3.05, 3.63) is 63.6 Å². The third kappa shape index (κ3) is 3.99. The molecule has 2 rings (SSSR count). The molecule has 0 saturated heterocycles. The van der Waals surface area contributed by atoms with E-state index in [0.29, 0.717) is 15.6 Å². The molecule has 0 aromatic heterocycles. The van der Waals surface area contributed by atoms with Crippen LogP contribution in [0.2, 0.25) is 0 Å². The zero-order chi connectivity index (χ0) is 15.5. The lowest BCUT2D eigenvalue weighted by Gasteiger charge is -2.10. The Morgan fingerprint density at radius 3 is 2.52 bits per heavy atom. The van der Waals surface area contributed by atoms with Gasteiger partial charge >= 0.3 is 6.18 Å². The van der Waals surface area contributed by atoms with Crippen molar-refractivity contribution in [2.75, 3.05) is 5.32 Å². The lowest BCUT2D eigenvalue weighted by atomic mass is 10.1. The summed E-state index contributed by atoms with van der Waals surface area (Å²) in [7, 11) is 0. The molecule has 2 aromatic carbocycles. The lowest BCUT2D eigenvalue weighted by Crippen LogP contribution is -2.06. The number of nitriles is 1. The van der Waals surface area contributed by atoms with E-state index in [1.807, 2.05) is 6.07 Å². The van der Waals surface area contributed by atoms with Gasteiger partial charge in [0.25, 0.3) is 0 Å². The molecule has 0 unspecified atom stereocenters. The third-order valence-electron chi connectivity index (χ3n) is 2.84. The van der Waals surface area contributed by atoms with Crippen LogP contribution in [0.5, 0.6) is 0 Å². The van der Waals surface area contributed by atoms with Crippen LogP contribution in [-0.4, -0.2) is 0 Å². The van der Waals surface area contributed by atoms with Crippen LogP contribution in [0.1, 0.15) is 16.7 Å². The summed E-state index contributed by atoms with van der Waals surface area (Å²) in [5.74, 6) is 0. The molecule has 6 heteroatoms. The van der Waals surface area contributed by atoms with Crippen molar-refractivity contribution in [2.24, 2.45) is 0 Å². The molecular formula is C15H10BrF3N2. The van der Waals surface area contributed by atoms with Gasteiger partial charge in [0.2, 0.25) is 0 Å². The normalized spacial score (nSPS) is 11.0. The number of rotatable bonds is 3. The topological polar surface area (TPSA) is 35.8 Å². The molecule has 0 saturated carbocycles. The monoisotopic (exact) mass is 354 g/mol. The minimum atomic E-state index is -4.34. The second kappa shape index (κ2) is 6.19. The average molecular weight is 355 g/mol. The first kappa shape index (κ1) is 15.4. The van der Waals surface area contributed by atoms with E-state index in [1.165, 1.54) is 6.07 Å². The van der Waals surface area contributed by atoms with Crippen molar-refractivity contribution in [1.82, 2.24) is 0 Å². The summed E-state index contributed by atoms with van der Waals surface area (Å²) in [6.45, 7) is 0.266. The quantitative estimate of drug-likeness (QED) is 0.846. The molecule has 2 aromatic rings. The molecule has 1 N–H and O–H groups in total. The van der Waals surface area contributed by atoms with Crippen LogP contribution in [-0.2, 0) is 12.7 Å². The van der Waals surface area contributed by atoms with E-state index in [1.54, 1.807) is 24.3 Å². The summed E-state index contributed by atoms with van der Waals surface area (Å²) in [6, 6.07) is 12.2. The van der Waals surface area contributed by atoms with E-state index in [0.717, 1.165) is 17.8 Å². The van der Waals surface area contributed by atoms with Gasteiger partial charge in [0.05, 0.1) is 11.1 Å². The molecular weight excluding hydrogens is 345 g/mol. The first-order valence-corrected chi connectivity index (χ1v) is 6.79. The molecule has 0 radical (unpaired) electrons. The number of nitrogens with one attached hydrogen (secondary N) is 1. The number of benzene rings is 2. The van der Waals surface area contributed by atoms with Crippen LogP contribution in [0.4, 0.5) is 18.9 Å². The van der Waals surface area contributed by atoms with Crippen molar-refractivity contribution in [1.29, 1.82) is 5.26 Å². The summed E-state index contributed by atoms with van der Waals surface area (Å²) in [6.07, 6.45) is -4.34. The maximum Gasteiger partial charge on any atom is 0.416 e. The predicted molar refractivity (Wildman–Crippen MR) is 77.6 cm³/mol. The first-order valence-electron chi connectivity index (χ1n) is 6.00. The average Bonchev–Trinajstić information content (AvgIpc) is 2.45. The highest BCUT2D eigenvalue weighted by molar-refractivity contribution is 9.10. The van der Waals surface area contributed by atoms with Crippen molar-refractivity contribution < 1.29 is 13.2 Å². The second-order valence-corrected chi connectivity index (χ2v) is 5.21. The van der Waals surface area contributed by atoms with E-state index >= 15 is 0 Å². The molecule has 0 spiro atoms. The molecule has 0 aliphatic rings. The van der Waals surface area contributed by atoms with Crippen LogP contribution in [0, 0.1) is 11.3 Å². The number of nitrogens with zero attached hydrogens (tertiary/aromatic N) is 1. The number of halogens is 4. The highest BCUT2D eigenvalue weighted by atomic mass is 79.9. The Balaban J connectivity index is 2.10. The van der Waals surface area contributed by atoms with Gasteiger partial charge in [-0.15, -0.1) is 0 Å². The van der Waals surface area contributed by atoms with E-state index in [9.17, 15) is 13.2 Å². The van der Waals surface area contributed by atoms with Gasteiger partial charge in [-0.2, -0.15) is 18.4 Å². The summed E-state index contributed by atoms with van der Waals surface area (Å²) in [5, 5.41) is 11.8. The standard InChI is InChI=1S/C15H10BrF3N2/c16-14-7-13(5-4-11(14)8-20)21-9-10-2-1-3-12(6-10)15(17,18)19/h1-7,21H,9H2. The van der Waals surface area contributed by atoms with E-state index in [4.69, 9.17) is 5.26 Å². The molecule has 0 atom stereocenters. The third-order valence-corrected chi connectivity index (χ3v) is 3.50. The Kier molecular flexibility index (Phi) is 4.53. The second-order valence-electron chi connectivity index (χ2n) is 4.36. The lowest BCUT2D eigenvalue weighted by molar-refractivity contribution is -0.137. The Bertz CT molecular complexity index is 690. The number of hydrogen-bond donors (Lipinski definition) is 1. The SMILES string of the molecule is N#Cc1ccc(NCc2cccc(C(F)(F)F)c2)cc1Br. The predicted octanol–water partition coefficient (Wildman–Crippen LogP) is 4.95. The molecule has 2 nitrogen and oxygen atoms in total. The van der Waals surface area contributed by atoms with E-state index < -0.39 is 11.7 Å². The highest BCUT2D eigenvalue weighted by Crippen LogP contribution is 2.29. The molecule has 0 bridgehead atoms. The molecule has 0 fully saturated rings.